The maximum Gasteiger partial charge on any atom is 0.162 e. The Hall–Kier alpha value is -2.34. The molecule has 5 nitrogen and oxygen atoms in total. The molecule has 0 bridgehead atoms. The van der Waals surface area contributed by atoms with Crippen LogP contribution in [0, 0.1) is 5.82 Å². The van der Waals surface area contributed by atoms with Gasteiger partial charge in [0.05, 0.1) is 5.02 Å². The van der Waals surface area contributed by atoms with Crippen molar-refractivity contribution >= 4 is 28.6 Å². The molecule has 0 radical (unpaired) electrons. The quantitative estimate of drug-likeness (QED) is 0.756. The van der Waals surface area contributed by atoms with Gasteiger partial charge in [0, 0.05) is 18.0 Å². The molecular weight excluding hydrogens is 271 g/mol. The normalized spacial score (nSPS) is 10.8. The Morgan fingerprint density at radius 1 is 1.32 bits per heavy atom. The molecule has 2 aromatic heterocycles. The van der Waals surface area contributed by atoms with E-state index in [1.807, 2.05) is 0 Å². The molecule has 96 valence electrons. The molecular formula is C12H8ClFN4O. The molecule has 0 saturated heterocycles. The fourth-order valence-corrected chi connectivity index (χ4v) is 1.92. The molecule has 0 aliphatic heterocycles. The lowest BCUT2D eigenvalue weighted by Gasteiger charge is -2.07. The number of nitrogens with zero attached hydrogens (tertiary/aromatic N) is 3. The first-order valence-corrected chi connectivity index (χ1v) is 5.76. The Morgan fingerprint density at radius 2 is 2.16 bits per heavy atom. The molecule has 0 aliphatic carbocycles. The Morgan fingerprint density at radius 3 is 2.95 bits per heavy atom. The van der Waals surface area contributed by atoms with Crippen LogP contribution in [-0.2, 0) is 0 Å². The van der Waals surface area contributed by atoms with Crippen LogP contribution in [0.3, 0.4) is 0 Å². The smallest absolute Gasteiger partial charge is 0.162 e. The number of nitrogens with one attached hydrogen (secondary N) is 1. The number of aromatic nitrogens is 3. The van der Waals surface area contributed by atoms with Gasteiger partial charge in [-0.25, -0.2) is 13.9 Å². The van der Waals surface area contributed by atoms with E-state index in [4.69, 9.17) is 11.6 Å². The van der Waals surface area contributed by atoms with Gasteiger partial charge in [-0.05, 0) is 18.2 Å². The fraction of sp³-hybridized carbons (Fsp3) is 0. The molecule has 2 N–H and O–H groups in total. The zero-order chi connectivity index (χ0) is 13.4. The first-order valence-electron chi connectivity index (χ1n) is 5.38. The lowest BCUT2D eigenvalue weighted by atomic mass is 10.3. The number of hydrogen-bond acceptors (Lipinski definition) is 4. The average molecular weight is 279 g/mol. The van der Waals surface area contributed by atoms with Gasteiger partial charge in [0.1, 0.15) is 23.4 Å². The maximum atomic E-state index is 13.1. The third-order valence-electron chi connectivity index (χ3n) is 2.61. The lowest BCUT2D eigenvalue weighted by Crippen LogP contribution is -1.99. The number of benzene rings is 1. The van der Waals surface area contributed by atoms with Crippen LogP contribution in [0.15, 0.2) is 36.8 Å². The van der Waals surface area contributed by atoms with E-state index in [0.717, 1.165) is 0 Å². The Kier molecular flexibility index (Phi) is 2.72. The first-order chi connectivity index (χ1) is 9.15. The summed E-state index contributed by atoms with van der Waals surface area (Å²) in [7, 11) is 0. The van der Waals surface area contributed by atoms with Gasteiger partial charge in [-0.1, -0.05) is 11.6 Å². The van der Waals surface area contributed by atoms with Crippen LogP contribution in [0.5, 0.6) is 5.75 Å². The van der Waals surface area contributed by atoms with Crippen molar-refractivity contribution in [2.45, 2.75) is 0 Å². The second-order valence-corrected chi connectivity index (χ2v) is 4.26. The Bertz CT molecular complexity index is 759. The fourth-order valence-electron chi connectivity index (χ4n) is 1.74. The van der Waals surface area contributed by atoms with Crippen molar-refractivity contribution in [3.63, 3.8) is 0 Å². The zero-order valence-electron chi connectivity index (χ0n) is 9.51. The van der Waals surface area contributed by atoms with Crippen LogP contribution in [0.1, 0.15) is 0 Å². The van der Waals surface area contributed by atoms with E-state index in [1.54, 1.807) is 6.20 Å². The highest BCUT2D eigenvalue weighted by Gasteiger charge is 2.10. The molecule has 3 aromatic rings. The Balaban J connectivity index is 2.05. The SMILES string of the molecule is Oc1ccn2ncnc(Nc3ccc(F)c(Cl)c3)c12. The molecule has 7 heteroatoms. The Labute approximate surface area is 112 Å². The van der Waals surface area contributed by atoms with Crippen molar-refractivity contribution in [2.75, 3.05) is 5.32 Å². The van der Waals surface area contributed by atoms with Gasteiger partial charge in [0.2, 0.25) is 0 Å². The largest absolute Gasteiger partial charge is 0.505 e. The minimum Gasteiger partial charge on any atom is -0.505 e. The van der Waals surface area contributed by atoms with Crippen molar-refractivity contribution in [2.24, 2.45) is 0 Å². The van der Waals surface area contributed by atoms with Gasteiger partial charge in [-0.2, -0.15) is 5.10 Å². The van der Waals surface area contributed by atoms with Crippen molar-refractivity contribution in [3.05, 3.63) is 47.6 Å². The molecule has 0 atom stereocenters. The van der Waals surface area contributed by atoms with E-state index in [1.165, 1.54) is 35.1 Å². The van der Waals surface area contributed by atoms with Gasteiger partial charge in [-0.15, -0.1) is 0 Å². The number of halogens is 2. The summed E-state index contributed by atoms with van der Waals surface area (Å²) in [5, 5.41) is 16.7. The third kappa shape index (κ3) is 2.06. The number of anilines is 2. The molecule has 3 rings (SSSR count). The summed E-state index contributed by atoms with van der Waals surface area (Å²) in [5.74, 6) is -0.0398. The van der Waals surface area contributed by atoms with E-state index in [9.17, 15) is 9.50 Å². The van der Waals surface area contributed by atoms with Gasteiger partial charge in [0.25, 0.3) is 0 Å². The molecule has 0 fully saturated rings. The molecule has 0 spiro atoms. The predicted molar refractivity (Wildman–Crippen MR) is 69.3 cm³/mol. The molecule has 1 aromatic carbocycles. The summed E-state index contributed by atoms with van der Waals surface area (Å²) in [6.45, 7) is 0. The number of hydrogen-bond donors (Lipinski definition) is 2. The molecule has 19 heavy (non-hydrogen) atoms. The molecule has 2 heterocycles. The van der Waals surface area contributed by atoms with Crippen LogP contribution >= 0.6 is 11.6 Å². The van der Waals surface area contributed by atoms with Crippen molar-refractivity contribution in [1.82, 2.24) is 14.6 Å². The highest BCUT2D eigenvalue weighted by atomic mass is 35.5. The second kappa shape index (κ2) is 4.40. The summed E-state index contributed by atoms with van der Waals surface area (Å²) in [6.07, 6.45) is 2.95. The monoisotopic (exact) mass is 278 g/mol. The summed E-state index contributed by atoms with van der Waals surface area (Å²) in [4.78, 5) is 4.05. The number of rotatable bonds is 2. The van der Waals surface area contributed by atoms with Gasteiger partial charge in [0.15, 0.2) is 5.82 Å². The van der Waals surface area contributed by atoms with E-state index >= 15 is 0 Å². The van der Waals surface area contributed by atoms with E-state index < -0.39 is 5.82 Å². The molecule has 0 unspecified atom stereocenters. The highest BCUT2D eigenvalue weighted by molar-refractivity contribution is 6.31. The first kappa shape index (κ1) is 11.7. The van der Waals surface area contributed by atoms with Crippen LogP contribution in [0.25, 0.3) is 5.52 Å². The summed E-state index contributed by atoms with van der Waals surface area (Å²) >= 11 is 5.71. The lowest BCUT2D eigenvalue weighted by molar-refractivity contribution is 0.481. The molecule has 0 aliphatic rings. The maximum absolute atomic E-state index is 13.1. The minimum atomic E-state index is -0.495. The molecule has 0 amide bonds. The van der Waals surface area contributed by atoms with E-state index in [0.29, 0.717) is 17.0 Å². The van der Waals surface area contributed by atoms with E-state index in [-0.39, 0.29) is 10.8 Å². The number of aromatic hydroxyl groups is 1. The van der Waals surface area contributed by atoms with Crippen LogP contribution < -0.4 is 5.32 Å². The van der Waals surface area contributed by atoms with Crippen molar-refractivity contribution in [1.29, 1.82) is 0 Å². The van der Waals surface area contributed by atoms with Crippen LogP contribution in [0.2, 0.25) is 5.02 Å². The van der Waals surface area contributed by atoms with Crippen molar-refractivity contribution < 1.29 is 9.50 Å². The summed E-state index contributed by atoms with van der Waals surface area (Å²) < 4.78 is 14.6. The standard InChI is InChI=1S/C12H8ClFN4O/c13-8-5-7(1-2-9(8)14)17-12-11-10(19)3-4-18(11)16-6-15-12/h1-6,19H,(H,15,16,17). The zero-order valence-corrected chi connectivity index (χ0v) is 10.3. The predicted octanol–water partition coefficient (Wildman–Crippen LogP) is 2.97. The molecule has 0 saturated carbocycles. The van der Waals surface area contributed by atoms with E-state index in [2.05, 4.69) is 15.4 Å². The second-order valence-electron chi connectivity index (χ2n) is 3.86. The topological polar surface area (TPSA) is 62.5 Å². The number of fused-ring (bicyclic) bond motifs is 1. The van der Waals surface area contributed by atoms with Crippen LogP contribution in [-0.4, -0.2) is 19.7 Å². The van der Waals surface area contributed by atoms with Gasteiger partial charge < -0.3 is 10.4 Å². The van der Waals surface area contributed by atoms with Crippen molar-refractivity contribution in [3.8, 4) is 5.75 Å². The summed E-state index contributed by atoms with van der Waals surface area (Å²) in [5.41, 5.74) is 0.996. The highest BCUT2D eigenvalue weighted by Crippen LogP contribution is 2.28. The summed E-state index contributed by atoms with van der Waals surface area (Å²) in [6, 6.07) is 5.73. The van der Waals surface area contributed by atoms with Gasteiger partial charge in [-0.3, -0.25) is 0 Å². The minimum absolute atomic E-state index is 0.00896. The van der Waals surface area contributed by atoms with Gasteiger partial charge >= 0.3 is 0 Å². The average Bonchev–Trinajstić information content (AvgIpc) is 2.77. The van der Waals surface area contributed by atoms with Crippen LogP contribution in [0.4, 0.5) is 15.9 Å². The third-order valence-corrected chi connectivity index (χ3v) is 2.90.